The Morgan fingerprint density at radius 1 is 1.36 bits per heavy atom. The van der Waals surface area contributed by atoms with Gasteiger partial charge in [-0.25, -0.2) is 4.79 Å². The number of hydrogen-bond donors (Lipinski definition) is 0. The molecule has 0 unspecified atom stereocenters. The van der Waals surface area contributed by atoms with Crippen LogP contribution in [-0.2, 0) is 9.53 Å². The van der Waals surface area contributed by atoms with Crippen LogP contribution >= 0.6 is 27.3 Å². The molecule has 0 saturated carbocycles. The lowest BCUT2D eigenvalue weighted by Gasteiger charge is -2.02. The number of hydrogen-bond acceptors (Lipinski definition) is 4. The zero-order chi connectivity index (χ0) is 15.5. The van der Waals surface area contributed by atoms with Gasteiger partial charge in [0.1, 0.15) is 11.3 Å². The highest BCUT2D eigenvalue weighted by molar-refractivity contribution is 9.10. The number of carbonyl (C=O) groups excluding carboxylic acids is 1. The van der Waals surface area contributed by atoms with Crippen LogP contribution in [0.5, 0.6) is 0 Å². The number of esters is 1. The van der Waals surface area contributed by atoms with Crippen LogP contribution in [0.2, 0.25) is 0 Å². The van der Waals surface area contributed by atoms with Crippen molar-refractivity contribution in [1.29, 1.82) is 0 Å². The van der Waals surface area contributed by atoms with Crippen molar-refractivity contribution in [2.24, 2.45) is 0 Å². The summed E-state index contributed by atoms with van der Waals surface area (Å²) in [5.41, 5.74) is 1.52. The zero-order valence-electron chi connectivity index (χ0n) is 11.8. The highest BCUT2D eigenvalue weighted by Gasteiger charge is 2.14. The standard InChI is InChI=1S/C17H13BrO3S/c1-2-20-17(19)10-13(16-4-3-7-22-16)15-9-11-8-12(18)5-6-14(11)21-15/h3-10H,2H2,1H3. The van der Waals surface area contributed by atoms with E-state index in [0.717, 1.165) is 25.9 Å². The molecule has 5 heteroatoms. The molecular weight excluding hydrogens is 364 g/mol. The Morgan fingerprint density at radius 3 is 2.95 bits per heavy atom. The van der Waals surface area contributed by atoms with Crippen LogP contribution in [0.25, 0.3) is 16.5 Å². The number of carbonyl (C=O) groups is 1. The van der Waals surface area contributed by atoms with Crippen molar-refractivity contribution in [2.45, 2.75) is 6.92 Å². The second kappa shape index (κ2) is 6.50. The lowest BCUT2D eigenvalue weighted by molar-refractivity contribution is -0.137. The summed E-state index contributed by atoms with van der Waals surface area (Å²) in [6, 6.07) is 11.6. The molecule has 0 spiro atoms. The summed E-state index contributed by atoms with van der Waals surface area (Å²) < 4.78 is 11.9. The zero-order valence-corrected chi connectivity index (χ0v) is 14.2. The minimum atomic E-state index is -0.368. The van der Waals surface area contributed by atoms with Gasteiger partial charge in [-0.2, -0.15) is 0 Å². The third-order valence-corrected chi connectivity index (χ3v) is 4.48. The second-order valence-corrected chi connectivity index (χ2v) is 6.44. The molecule has 0 aliphatic rings. The summed E-state index contributed by atoms with van der Waals surface area (Å²) in [7, 11) is 0. The third kappa shape index (κ3) is 3.15. The Labute approximate surface area is 140 Å². The number of halogens is 1. The van der Waals surface area contributed by atoms with Crippen LogP contribution in [0, 0.1) is 0 Å². The van der Waals surface area contributed by atoms with E-state index in [4.69, 9.17) is 9.15 Å². The summed E-state index contributed by atoms with van der Waals surface area (Å²) in [6.07, 6.45) is 1.49. The number of benzene rings is 1. The molecule has 0 saturated heterocycles. The quantitative estimate of drug-likeness (QED) is 0.460. The maximum Gasteiger partial charge on any atom is 0.331 e. The van der Waals surface area contributed by atoms with E-state index < -0.39 is 0 Å². The van der Waals surface area contributed by atoms with Crippen LogP contribution in [0.1, 0.15) is 17.6 Å². The van der Waals surface area contributed by atoms with Gasteiger partial charge in [0, 0.05) is 26.4 Å². The van der Waals surface area contributed by atoms with Gasteiger partial charge < -0.3 is 9.15 Å². The summed E-state index contributed by atoms with van der Waals surface area (Å²) >= 11 is 5.00. The van der Waals surface area contributed by atoms with E-state index in [1.54, 1.807) is 18.3 Å². The molecule has 0 aliphatic carbocycles. The van der Waals surface area contributed by atoms with Gasteiger partial charge in [-0.15, -0.1) is 11.3 Å². The lowest BCUT2D eigenvalue weighted by Crippen LogP contribution is -2.00. The molecule has 0 atom stereocenters. The maximum absolute atomic E-state index is 11.8. The monoisotopic (exact) mass is 376 g/mol. The fourth-order valence-corrected chi connectivity index (χ4v) is 3.27. The third-order valence-electron chi connectivity index (χ3n) is 3.08. The molecule has 22 heavy (non-hydrogen) atoms. The predicted octanol–water partition coefficient (Wildman–Crippen LogP) is 5.25. The minimum absolute atomic E-state index is 0.347. The number of thiophene rings is 1. The molecule has 3 rings (SSSR count). The van der Waals surface area contributed by atoms with Crippen molar-refractivity contribution < 1.29 is 13.9 Å². The molecule has 0 radical (unpaired) electrons. The SMILES string of the molecule is CCOC(=O)C=C(c1cc2cc(Br)ccc2o1)c1cccs1. The Bertz CT molecular complexity index is 831. The lowest BCUT2D eigenvalue weighted by atomic mass is 10.1. The Kier molecular flexibility index (Phi) is 4.45. The van der Waals surface area contributed by atoms with Crippen LogP contribution in [0.4, 0.5) is 0 Å². The van der Waals surface area contributed by atoms with Gasteiger partial charge >= 0.3 is 5.97 Å². The van der Waals surface area contributed by atoms with E-state index in [2.05, 4.69) is 15.9 Å². The van der Waals surface area contributed by atoms with Crippen LogP contribution in [0.15, 0.2) is 56.7 Å². The van der Waals surface area contributed by atoms with Crippen molar-refractivity contribution in [3.8, 4) is 0 Å². The van der Waals surface area contributed by atoms with Crippen molar-refractivity contribution in [3.05, 3.63) is 63.0 Å². The van der Waals surface area contributed by atoms with Crippen molar-refractivity contribution in [3.63, 3.8) is 0 Å². The molecule has 0 amide bonds. The fourth-order valence-electron chi connectivity index (χ4n) is 2.14. The molecule has 3 aromatic rings. The molecule has 3 nitrogen and oxygen atoms in total. The van der Waals surface area contributed by atoms with Gasteiger partial charge in [0.2, 0.25) is 0 Å². The molecule has 2 heterocycles. The molecule has 0 bridgehead atoms. The minimum Gasteiger partial charge on any atom is -0.463 e. The van der Waals surface area contributed by atoms with Crippen LogP contribution in [0.3, 0.4) is 0 Å². The van der Waals surface area contributed by atoms with Gasteiger partial charge in [-0.1, -0.05) is 22.0 Å². The first-order chi connectivity index (χ1) is 10.7. The second-order valence-electron chi connectivity index (χ2n) is 4.58. The Balaban J connectivity index is 2.09. The topological polar surface area (TPSA) is 39.4 Å². The number of rotatable bonds is 4. The highest BCUT2D eigenvalue weighted by Crippen LogP contribution is 2.32. The van der Waals surface area contributed by atoms with Gasteiger partial charge in [0.15, 0.2) is 0 Å². The average molecular weight is 377 g/mol. The molecule has 0 N–H and O–H groups in total. The Hall–Kier alpha value is -1.85. The van der Waals surface area contributed by atoms with Crippen molar-refractivity contribution >= 4 is 49.8 Å². The van der Waals surface area contributed by atoms with E-state index in [9.17, 15) is 4.79 Å². The van der Waals surface area contributed by atoms with Crippen molar-refractivity contribution in [1.82, 2.24) is 0 Å². The molecule has 2 aromatic heterocycles. The van der Waals surface area contributed by atoms with Gasteiger partial charge in [-0.05, 0) is 42.6 Å². The number of fused-ring (bicyclic) bond motifs is 1. The maximum atomic E-state index is 11.8. The van der Waals surface area contributed by atoms with Gasteiger partial charge in [-0.3, -0.25) is 0 Å². The molecule has 0 aliphatic heterocycles. The van der Waals surface area contributed by atoms with Crippen LogP contribution in [-0.4, -0.2) is 12.6 Å². The normalized spacial score (nSPS) is 11.8. The molecular formula is C17H13BrO3S. The molecule has 0 fully saturated rings. The first-order valence-electron chi connectivity index (χ1n) is 6.79. The van der Waals surface area contributed by atoms with Crippen molar-refractivity contribution in [2.75, 3.05) is 6.61 Å². The number of furan rings is 1. The summed E-state index contributed by atoms with van der Waals surface area (Å²) in [6.45, 7) is 2.13. The van der Waals surface area contributed by atoms with E-state index in [0.29, 0.717) is 12.4 Å². The largest absolute Gasteiger partial charge is 0.463 e. The van der Waals surface area contributed by atoms with E-state index in [-0.39, 0.29) is 5.97 Å². The van der Waals surface area contributed by atoms with Gasteiger partial charge in [0.25, 0.3) is 0 Å². The van der Waals surface area contributed by atoms with E-state index >= 15 is 0 Å². The summed E-state index contributed by atoms with van der Waals surface area (Å²) in [5, 5.41) is 2.95. The van der Waals surface area contributed by atoms with E-state index in [1.165, 1.54) is 6.08 Å². The van der Waals surface area contributed by atoms with Gasteiger partial charge in [0.05, 0.1) is 6.61 Å². The summed E-state index contributed by atoms with van der Waals surface area (Å²) in [5.74, 6) is 0.288. The average Bonchev–Trinajstić information content (AvgIpc) is 3.13. The van der Waals surface area contributed by atoms with E-state index in [1.807, 2.05) is 41.8 Å². The Morgan fingerprint density at radius 2 is 2.23 bits per heavy atom. The smallest absolute Gasteiger partial charge is 0.331 e. The predicted molar refractivity (Wildman–Crippen MR) is 91.9 cm³/mol. The summed E-state index contributed by atoms with van der Waals surface area (Å²) in [4.78, 5) is 12.8. The highest BCUT2D eigenvalue weighted by atomic mass is 79.9. The van der Waals surface area contributed by atoms with Crippen LogP contribution < -0.4 is 0 Å². The fraction of sp³-hybridized carbons (Fsp3) is 0.118. The molecule has 1 aromatic carbocycles. The first kappa shape index (κ1) is 15.1. The first-order valence-corrected chi connectivity index (χ1v) is 8.46. The molecule has 112 valence electrons. The number of ether oxygens (including phenoxy) is 1.